The van der Waals surface area contributed by atoms with Crippen LogP contribution in [0.5, 0.6) is 0 Å². The van der Waals surface area contributed by atoms with Gasteiger partial charge in [0.15, 0.2) is 0 Å². The standard InChI is InChI=1S/C8H16S/c1-5-8(6-9-4)7(2)3/h6-7H,5H2,1-4H3. The zero-order valence-corrected chi connectivity index (χ0v) is 7.59. The normalized spacial score (nSPS) is 12.8. The molecule has 1 heteroatoms. The van der Waals surface area contributed by atoms with E-state index in [-0.39, 0.29) is 0 Å². The predicted molar refractivity (Wildman–Crippen MR) is 46.7 cm³/mol. The van der Waals surface area contributed by atoms with E-state index in [9.17, 15) is 0 Å². The van der Waals surface area contributed by atoms with Crippen molar-refractivity contribution in [3.63, 3.8) is 0 Å². The Morgan fingerprint density at radius 1 is 1.56 bits per heavy atom. The fourth-order valence-corrected chi connectivity index (χ4v) is 1.52. The van der Waals surface area contributed by atoms with E-state index >= 15 is 0 Å². The molecule has 0 saturated carbocycles. The fourth-order valence-electron chi connectivity index (χ4n) is 0.779. The Labute approximate surface area is 62.7 Å². The summed E-state index contributed by atoms with van der Waals surface area (Å²) in [5, 5.41) is 2.25. The van der Waals surface area contributed by atoms with Crippen molar-refractivity contribution in [3.05, 3.63) is 11.0 Å². The average Bonchev–Trinajstić information content (AvgIpc) is 1.82. The zero-order chi connectivity index (χ0) is 7.28. The van der Waals surface area contributed by atoms with Crippen molar-refractivity contribution in [1.29, 1.82) is 0 Å². The molecule has 0 aliphatic carbocycles. The Morgan fingerprint density at radius 2 is 2.11 bits per heavy atom. The lowest BCUT2D eigenvalue weighted by molar-refractivity contribution is 0.735. The van der Waals surface area contributed by atoms with E-state index in [1.807, 2.05) is 0 Å². The molecule has 9 heavy (non-hydrogen) atoms. The highest BCUT2D eigenvalue weighted by Gasteiger charge is 1.97. The highest BCUT2D eigenvalue weighted by atomic mass is 32.2. The van der Waals surface area contributed by atoms with Crippen LogP contribution in [0.25, 0.3) is 0 Å². The molecule has 0 unspecified atom stereocenters. The summed E-state index contributed by atoms with van der Waals surface area (Å²) in [7, 11) is 0. The zero-order valence-electron chi connectivity index (χ0n) is 6.77. The average molecular weight is 144 g/mol. The summed E-state index contributed by atoms with van der Waals surface area (Å²) in [4.78, 5) is 0. The van der Waals surface area contributed by atoms with E-state index in [4.69, 9.17) is 0 Å². The molecule has 0 amide bonds. The van der Waals surface area contributed by atoms with Gasteiger partial charge in [-0.2, -0.15) is 0 Å². The molecule has 0 aromatic rings. The highest BCUT2D eigenvalue weighted by molar-refractivity contribution is 8.01. The first-order valence-corrected chi connectivity index (χ1v) is 4.72. The van der Waals surface area contributed by atoms with E-state index in [0.29, 0.717) is 0 Å². The van der Waals surface area contributed by atoms with Crippen LogP contribution < -0.4 is 0 Å². The smallest absolute Gasteiger partial charge is 0.0142 e. The minimum Gasteiger partial charge on any atom is -0.138 e. The van der Waals surface area contributed by atoms with Crippen molar-refractivity contribution in [1.82, 2.24) is 0 Å². The Bertz CT molecular complexity index is 92.7. The fraction of sp³-hybridized carbons (Fsp3) is 0.750. The molecule has 0 aromatic heterocycles. The van der Waals surface area contributed by atoms with Gasteiger partial charge in [-0.15, -0.1) is 11.8 Å². The van der Waals surface area contributed by atoms with Crippen LogP contribution in [-0.4, -0.2) is 6.26 Å². The first kappa shape index (κ1) is 9.09. The van der Waals surface area contributed by atoms with Crippen LogP contribution in [0, 0.1) is 5.92 Å². The summed E-state index contributed by atoms with van der Waals surface area (Å²) in [5.41, 5.74) is 1.56. The Morgan fingerprint density at radius 3 is 2.22 bits per heavy atom. The highest BCUT2D eigenvalue weighted by Crippen LogP contribution is 2.16. The predicted octanol–water partition coefficient (Wildman–Crippen LogP) is 3.30. The van der Waals surface area contributed by atoms with Crippen LogP contribution in [0.2, 0.25) is 0 Å². The van der Waals surface area contributed by atoms with Gasteiger partial charge in [0.05, 0.1) is 0 Å². The second kappa shape index (κ2) is 4.92. The summed E-state index contributed by atoms with van der Waals surface area (Å²) in [6, 6.07) is 0. The van der Waals surface area contributed by atoms with Crippen LogP contribution in [-0.2, 0) is 0 Å². The SMILES string of the molecule is CCC(=CSC)C(C)C. The number of hydrogen-bond donors (Lipinski definition) is 0. The number of allylic oxidation sites excluding steroid dienone is 1. The summed E-state index contributed by atoms with van der Waals surface area (Å²) in [6.07, 6.45) is 3.30. The van der Waals surface area contributed by atoms with Crippen LogP contribution in [0.1, 0.15) is 27.2 Å². The largest absolute Gasteiger partial charge is 0.138 e. The molecule has 0 heterocycles. The number of rotatable bonds is 3. The molecule has 0 nitrogen and oxygen atoms in total. The van der Waals surface area contributed by atoms with E-state index in [1.165, 1.54) is 6.42 Å². The number of hydrogen-bond acceptors (Lipinski definition) is 1. The molecule has 0 fully saturated rings. The van der Waals surface area contributed by atoms with E-state index in [0.717, 1.165) is 5.92 Å². The van der Waals surface area contributed by atoms with Crippen molar-refractivity contribution in [2.75, 3.05) is 6.26 Å². The third-order valence-electron chi connectivity index (χ3n) is 1.42. The monoisotopic (exact) mass is 144 g/mol. The lowest BCUT2D eigenvalue weighted by atomic mass is 10.0. The van der Waals surface area contributed by atoms with Gasteiger partial charge in [0, 0.05) is 0 Å². The minimum absolute atomic E-state index is 0.724. The third-order valence-corrected chi connectivity index (χ3v) is 1.96. The van der Waals surface area contributed by atoms with E-state index in [1.54, 1.807) is 17.3 Å². The van der Waals surface area contributed by atoms with Gasteiger partial charge in [0.25, 0.3) is 0 Å². The van der Waals surface area contributed by atoms with Gasteiger partial charge in [-0.05, 0) is 24.0 Å². The molecule has 0 saturated heterocycles. The maximum absolute atomic E-state index is 2.25. The first-order chi connectivity index (χ1) is 4.22. The molecule has 0 aromatic carbocycles. The van der Waals surface area contributed by atoms with E-state index < -0.39 is 0 Å². The van der Waals surface area contributed by atoms with Gasteiger partial charge < -0.3 is 0 Å². The quantitative estimate of drug-likeness (QED) is 0.585. The maximum Gasteiger partial charge on any atom is -0.0142 e. The Kier molecular flexibility index (Phi) is 4.97. The van der Waals surface area contributed by atoms with Gasteiger partial charge in [-0.1, -0.05) is 26.3 Å². The molecule has 0 atom stereocenters. The summed E-state index contributed by atoms with van der Waals surface area (Å²) >= 11 is 1.80. The van der Waals surface area contributed by atoms with Crippen LogP contribution >= 0.6 is 11.8 Å². The van der Waals surface area contributed by atoms with Crippen molar-refractivity contribution >= 4 is 11.8 Å². The van der Waals surface area contributed by atoms with Gasteiger partial charge in [-0.25, -0.2) is 0 Å². The maximum atomic E-state index is 2.25. The third kappa shape index (κ3) is 3.63. The van der Waals surface area contributed by atoms with Gasteiger partial charge in [-0.3, -0.25) is 0 Å². The van der Waals surface area contributed by atoms with Crippen LogP contribution in [0.15, 0.2) is 11.0 Å². The van der Waals surface area contributed by atoms with Crippen molar-refractivity contribution in [2.24, 2.45) is 5.92 Å². The summed E-state index contributed by atoms with van der Waals surface area (Å²) < 4.78 is 0. The van der Waals surface area contributed by atoms with Crippen LogP contribution in [0.4, 0.5) is 0 Å². The molecule has 0 rings (SSSR count). The molecule has 0 aliphatic rings. The van der Waals surface area contributed by atoms with Crippen LogP contribution in [0.3, 0.4) is 0 Å². The molecule has 0 radical (unpaired) electrons. The van der Waals surface area contributed by atoms with Gasteiger partial charge in [0.1, 0.15) is 0 Å². The lowest BCUT2D eigenvalue weighted by Gasteiger charge is -2.06. The molecular weight excluding hydrogens is 128 g/mol. The molecule has 0 N–H and O–H groups in total. The lowest BCUT2D eigenvalue weighted by Crippen LogP contribution is -1.90. The molecule has 0 aliphatic heterocycles. The summed E-state index contributed by atoms with van der Waals surface area (Å²) in [5.74, 6) is 0.724. The molecule has 0 bridgehead atoms. The second-order valence-corrected chi connectivity index (χ2v) is 3.14. The minimum atomic E-state index is 0.724. The first-order valence-electron chi connectivity index (χ1n) is 3.44. The number of thioether (sulfide) groups is 1. The Hall–Kier alpha value is 0.0900. The summed E-state index contributed by atoms with van der Waals surface area (Å²) in [6.45, 7) is 6.69. The Balaban J connectivity index is 3.81. The van der Waals surface area contributed by atoms with Gasteiger partial charge >= 0.3 is 0 Å². The van der Waals surface area contributed by atoms with Crippen molar-refractivity contribution < 1.29 is 0 Å². The van der Waals surface area contributed by atoms with Crippen molar-refractivity contribution in [3.8, 4) is 0 Å². The second-order valence-electron chi connectivity index (χ2n) is 2.44. The molecular formula is C8H16S. The van der Waals surface area contributed by atoms with E-state index in [2.05, 4.69) is 32.4 Å². The topological polar surface area (TPSA) is 0 Å². The molecule has 54 valence electrons. The molecule has 0 spiro atoms. The van der Waals surface area contributed by atoms with Crippen molar-refractivity contribution in [2.45, 2.75) is 27.2 Å². The van der Waals surface area contributed by atoms with Gasteiger partial charge in [0.2, 0.25) is 0 Å².